The fraction of sp³-hybridized carbons (Fsp3) is 0.118. The Hall–Kier alpha value is -8.14. The van der Waals surface area contributed by atoms with Crippen molar-refractivity contribution in [3.05, 3.63) is 227 Å². The van der Waals surface area contributed by atoms with Crippen molar-refractivity contribution < 1.29 is 4.74 Å². The van der Waals surface area contributed by atoms with Crippen molar-refractivity contribution in [2.45, 2.75) is 53.9 Å². The van der Waals surface area contributed by atoms with Crippen LogP contribution in [0, 0.1) is 34.6 Å². The minimum absolute atomic E-state index is 0.0924. The number of hydrogen-bond acceptors (Lipinski definition) is 2. The molecule has 11 aromatic carbocycles. The van der Waals surface area contributed by atoms with Gasteiger partial charge >= 0.3 is 0 Å². The smallest absolute Gasteiger partial charge is 0.243 e. The molecule has 338 valence electrons. The summed E-state index contributed by atoms with van der Waals surface area (Å²) >= 11 is 0. The third kappa shape index (κ3) is 5.96. The third-order valence-electron chi connectivity index (χ3n) is 16.3. The quantitative estimate of drug-likeness (QED) is 0.126. The summed E-state index contributed by atoms with van der Waals surface area (Å²) in [5.41, 5.74) is 26.6. The van der Waals surface area contributed by atoms with Gasteiger partial charge in [0.1, 0.15) is 11.5 Å². The number of benzene rings is 11. The zero-order valence-corrected chi connectivity index (χ0v) is 41.3. The average molecular weight is 910 g/mol. The molecule has 14 rings (SSSR count). The molecule has 1 aliphatic carbocycles. The minimum atomic E-state index is -0.233. The van der Waals surface area contributed by atoms with Gasteiger partial charge in [0.05, 0.1) is 11.4 Å². The first-order valence-corrected chi connectivity index (χ1v) is 25.2. The minimum Gasteiger partial charge on any atom is -0.456 e. The highest BCUT2D eigenvalue weighted by molar-refractivity contribution is 6.99. The van der Waals surface area contributed by atoms with E-state index in [1.54, 1.807) is 0 Å². The lowest BCUT2D eigenvalue weighted by Gasteiger charge is -2.34. The van der Waals surface area contributed by atoms with Crippen LogP contribution >= 0.6 is 0 Å². The second kappa shape index (κ2) is 15.2. The van der Waals surface area contributed by atoms with Gasteiger partial charge in [0.25, 0.3) is 0 Å². The Morgan fingerprint density at radius 2 is 1.03 bits per heavy atom. The van der Waals surface area contributed by atoms with E-state index in [1.165, 1.54) is 121 Å². The molecule has 71 heavy (non-hydrogen) atoms. The highest BCUT2D eigenvalue weighted by atomic mass is 16.5. The maximum Gasteiger partial charge on any atom is 0.243 e. The highest BCUT2D eigenvalue weighted by Crippen LogP contribution is 2.57. The zero-order chi connectivity index (χ0) is 48.0. The Labute approximate surface area is 416 Å². The molecule has 0 unspecified atom stereocenters. The Bertz CT molecular complexity index is 4100. The fourth-order valence-corrected chi connectivity index (χ4v) is 13.6. The Morgan fingerprint density at radius 1 is 0.408 bits per heavy atom. The molecule has 0 saturated heterocycles. The van der Waals surface area contributed by atoms with Crippen molar-refractivity contribution in [1.29, 1.82) is 0 Å². The largest absolute Gasteiger partial charge is 0.456 e. The Morgan fingerprint density at radius 3 is 1.83 bits per heavy atom. The van der Waals surface area contributed by atoms with E-state index in [0.717, 1.165) is 39.5 Å². The lowest BCUT2D eigenvalue weighted by molar-refractivity contribution is 0.487. The summed E-state index contributed by atoms with van der Waals surface area (Å²) in [7, 11) is 0. The molecule has 0 aromatic heterocycles. The van der Waals surface area contributed by atoms with Crippen molar-refractivity contribution in [3.63, 3.8) is 0 Å². The normalized spacial score (nSPS) is 13.5. The van der Waals surface area contributed by atoms with Gasteiger partial charge < -0.3 is 9.64 Å². The van der Waals surface area contributed by atoms with Crippen molar-refractivity contribution in [2.75, 3.05) is 4.90 Å². The molecule has 0 radical (unpaired) electrons. The molecule has 0 N–H and O–H groups in total. The van der Waals surface area contributed by atoms with E-state index >= 15 is 0 Å². The van der Waals surface area contributed by atoms with E-state index in [4.69, 9.17) is 4.74 Å². The molecule has 3 heteroatoms. The van der Waals surface area contributed by atoms with Crippen molar-refractivity contribution in [1.82, 2.24) is 0 Å². The molecule has 2 aliphatic heterocycles. The first kappa shape index (κ1) is 41.8. The van der Waals surface area contributed by atoms with Gasteiger partial charge in [0.2, 0.25) is 6.71 Å². The summed E-state index contributed by atoms with van der Waals surface area (Å²) < 4.78 is 7.21. The monoisotopic (exact) mass is 909 g/mol. The van der Waals surface area contributed by atoms with Crippen LogP contribution in [-0.2, 0) is 5.41 Å². The van der Waals surface area contributed by atoms with E-state index in [-0.39, 0.29) is 12.1 Å². The molecule has 3 aliphatic rings. The van der Waals surface area contributed by atoms with E-state index in [2.05, 4.69) is 241 Å². The Balaban J connectivity index is 1.01. The maximum absolute atomic E-state index is 7.21. The first-order valence-electron chi connectivity index (χ1n) is 25.2. The van der Waals surface area contributed by atoms with Gasteiger partial charge in [-0.3, -0.25) is 0 Å². The topological polar surface area (TPSA) is 12.5 Å². The summed E-state index contributed by atoms with van der Waals surface area (Å²) in [6.07, 6.45) is 0. The number of aryl methyl sites for hydroxylation is 5. The number of ether oxygens (including phenoxy) is 1. The molecule has 2 nitrogen and oxygen atoms in total. The van der Waals surface area contributed by atoms with Crippen molar-refractivity contribution >= 4 is 72.5 Å². The predicted molar refractivity (Wildman–Crippen MR) is 302 cm³/mol. The molecule has 0 bridgehead atoms. The SMILES string of the molecule is Cc1cc(C)c(B2c3c(C)cc(C)cc3-c3cccc4c3c2cc2c3cccc5c3c(cc42)-c2ccc(N(c3ccccc3-c3ccccc3)c3cccc4c3C(C)(C)c3ccccc3-4)cc2O5)c(C)c1. The van der Waals surface area contributed by atoms with Gasteiger partial charge in [0.15, 0.2) is 0 Å². The summed E-state index contributed by atoms with van der Waals surface area (Å²) in [5.74, 6) is 1.74. The van der Waals surface area contributed by atoms with Gasteiger partial charge in [-0.1, -0.05) is 204 Å². The van der Waals surface area contributed by atoms with Crippen molar-refractivity contribution in [2.24, 2.45) is 0 Å². The standard InChI is InChI=1S/C68H52BNO/c1-39-32-41(3)66(42(4)33-39)69-58-38-54-50-24-17-29-61-64(50)55(37-53(54)49-22-15-23-51(63(49)58)56-35-40(2)34-43(5)67(56)69)48-31-30-45(36-62(48)71-61)70(59-27-14-12-20-46(59)44-18-9-8-10-19-44)60-28-16-25-52-47-21-11-13-26-57(47)68(6,7)65(52)60/h8-38H,1-7H3. The molecule has 0 fully saturated rings. The van der Waals surface area contributed by atoms with Crippen LogP contribution in [0.15, 0.2) is 188 Å². The van der Waals surface area contributed by atoms with E-state index in [1.807, 2.05) is 0 Å². The second-order valence-electron chi connectivity index (χ2n) is 21.1. The summed E-state index contributed by atoms with van der Waals surface area (Å²) in [6, 6.07) is 70.6. The van der Waals surface area contributed by atoms with Gasteiger partial charge in [-0.05, 0) is 142 Å². The lowest BCUT2D eigenvalue weighted by atomic mass is 9.32. The number of rotatable bonds is 5. The number of nitrogens with zero attached hydrogens (tertiary/aromatic N) is 1. The summed E-state index contributed by atoms with van der Waals surface area (Å²) in [6.45, 7) is 16.3. The van der Waals surface area contributed by atoms with E-state index in [9.17, 15) is 0 Å². The fourth-order valence-electron chi connectivity index (χ4n) is 13.6. The molecular formula is C68H52BNO. The molecule has 0 amide bonds. The third-order valence-corrected chi connectivity index (χ3v) is 16.3. The number of para-hydroxylation sites is 1. The van der Waals surface area contributed by atoms with Crippen LogP contribution in [0.1, 0.15) is 52.8 Å². The summed E-state index contributed by atoms with van der Waals surface area (Å²) in [5, 5.41) is 7.57. The van der Waals surface area contributed by atoms with Crippen LogP contribution < -0.4 is 26.0 Å². The van der Waals surface area contributed by atoms with Gasteiger partial charge in [-0.2, -0.15) is 0 Å². The highest BCUT2D eigenvalue weighted by Gasteiger charge is 2.40. The average Bonchev–Trinajstić information content (AvgIpc) is 3.61. The van der Waals surface area contributed by atoms with Crippen LogP contribution in [0.5, 0.6) is 11.5 Å². The first-order chi connectivity index (χ1) is 34.5. The maximum atomic E-state index is 7.21. The van der Waals surface area contributed by atoms with Crippen LogP contribution in [0.3, 0.4) is 0 Å². The molecule has 0 saturated carbocycles. The molecule has 2 heterocycles. The van der Waals surface area contributed by atoms with Crippen LogP contribution in [0.2, 0.25) is 0 Å². The predicted octanol–water partition coefficient (Wildman–Crippen LogP) is 16.4. The van der Waals surface area contributed by atoms with Crippen LogP contribution in [0.25, 0.3) is 76.8 Å². The summed E-state index contributed by atoms with van der Waals surface area (Å²) in [4.78, 5) is 2.49. The van der Waals surface area contributed by atoms with Gasteiger partial charge in [-0.25, -0.2) is 0 Å². The van der Waals surface area contributed by atoms with E-state index < -0.39 is 0 Å². The molecular weight excluding hydrogens is 858 g/mol. The van der Waals surface area contributed by atoms with Gasteiger partial charge in [-0.15, -0.1) is 0 Å². The van der Waals surface area contributed by atoms with E-state index in [0.29, 0.717) is 0 Å². The number of hydrogen-bond donors (Lipinski definition) is 0. The Kier molecular flexibility index (Phi) is 8.94. The molecule has 0 spiro atoms. The number of fused-ring (bicyclic) bond motifs is 10. The molecule has 0 atom stereocenters. The number of anilines is 3. The molecule has 11 aromatic rings. The van der Waals surface area contributed by atoms with Crippen molar-refractivity contribution in [3.8, 4) is 56.0 Å². The van der Waals surface area contributed by atoms with Crippen LogP contribution in [-0.4, -0.2) is 6.71 Å². The van der Waals surface area contributed by atoms with Gasteiger partial charge in [0, 0.05) is 33.7 Å². The zero-order valence-electron chi connectivity index (χ0n) is 41.3. The van der Waals surface area contributed by atoms with Crippen LogP contribution in [0.4, 0.5) is 17.1 Å². The lowest BCUT2D eigenvalue weighted by Crippen LogP contribution is -2.57. The second-order valence-corrected chi connectivity index (χ2v) is 21.1.